The predicted molar refractivity (Wildman–Crippen MR) is 126 cm³/mol. The third-order valence-corrected chi connectivity index (χ3v) is 7.37. The van der Waals surface area contributed by atoms with Crippen LogP contribution >= 0.6 is 0 Å². The van der Waals surface area contributed by atoms with Gasteiger partial charge in [-0.25, -0.2) is 0 Å². The van der Waals surface area contributed by atoms with Gasteiger partial charge >= 0.3 is 12.4 Å². The van der Waals surface area contributed by atoms with Crippen molar-refractivity contribution >= 4 is 23.2 Å². The number of carbonyl (C=O) groups excluding carboxylic acids is 2. The van der Waals surface area contributed by atoms with Gasteiger partial charge in [0.2, 0.25) is 11.8 Å². The third-order valence-electron chi connectivity index (χ3n) is 7.37. The van der Waals surface area contributed by atoms with Crippen LogP contribution in [0.4, 0.5) is 37.7 Å². The lowest BCUT2D eigenvalue weighted by Gasteiger charge is -2.40. The van der Waals surface area contributed by atoms with Crippen LogP contribution in [0.2, 0.25) is 0 Å². The molecular weight excluding hydrogens is 500 g/mol. The van der Waals surface area contributed by atoms with Crippen LogP contribution in [0.3, 0.4) is 0 Å². The number of carbonyl (C=O) groups is 2. The summed E-state index contributed by atoms with van der Waals surface area (Å²) in [6, 6.07) is 6.47. The van der Waals surface area contributed by atoms with E-state index in [1.165, 1.54) is 4.90 Å². The van der Waals surface area contributed by atoms with Crippen LogP contribution in [-0.4, -0.2) is 42.9 Å². The second-order valence-electron chi connectivity index (χ2n) is 9.92. The second-order valence-corrected chi connectivity index (χ2v) is 9.92. The predicted octanol–water partition coefficient (Wildman–Crippen LogP) is 5.65. The Kier molecular flexibility index (Phi) is 6.81. The zero-order valence-electron chi connectivity index (χ0n) is 20.6. The molecule has 2 amide bonds. The van der Waals surface area contributed by atoms with Gasteiger partial charge in [-0.15, -0.1) is 0 Å². The summed E-state index contributed by atoms with van der Waals surface area (Å²) in [7, 11) is 0. The number of halogens is 6. The van der Waals surface area contributed by atoms with Crippen molar-refractivity contribution < 1.29 is 35.9 Å². The molecule has 0 aromatic heterocycles. The maximum absolute atomic E-state index is 13.8. The Morgan fingerprint density at radius 2 is 1.54 bits per heavy atom. The average Bonchev–Trinajstić information content (AvgIpc) is 3.01. The summed E-state index contributed by atoms with van der Waals surface area (Å²) in [4.78, 5) is 30.7. The van der Waals surface area contributed by atoms with Crippen LogP contribution < -0.4 is 10.2 Å². The zero-order valence-corrected chi connectivity index (χ0v) is 20.6. The quantitative estimate of drug-likeness (QED) is 0.511. The lowest BCUT2D eigenvalue weighted by Crippen LogP contribution is -2.53. The van der Waals surface area contributed by atoms with Gasteiger partial charge in [-0.2, -0.15) is 26.3 Å². The molecule has 0 bridgehead atoms. The highest BCUT2D eigenvalue weighted by Crippen LogP contribution is 2.44. The SMILES string of the molecule is Cc1cccc(C)c1N1C[C@@](CN2CCC2)(C(=O)Nc2cc(C(F)(F)F)cc(C(F)(F)F)c2)C(C)C1=O. The van der Waals surface area contributed by atoms with E-state index in [2.05, 4.69) is 5.32 Å². The Bertz CT molecular complexity index is 1170. The average molecular weight is 528 g/mol. The van der Waals surface area contributed by atoms with Gasteiger partial charge in [-0.05, 0) is 62.7 Å². The summed E-state index contributed by atoms with van der Waals surface area (Å²) in [5, 5.41) is 2.31. The van der Waals surface area contributed by atoms with Gasteiger partial charge in [0.25, 0.3) is 0 Å². The lowest BCUT2D eigenvalue weighted by atomic mass is 9.76. The molecule has 2 aromatic rings. The molecule has 4 rings (SSSR count). The van der Waals surface area contributed by atoms with Gasteiger partial charge in [0, 0.05) is 24.5 Å². The lowest BCUT2D eigenvalue weighted by molar-refractivity contribution is -0.143. The third kappa shape index (κ3) is 5.05. The highest BCUT2D eigenvalue weighted by molar-refractivity contribution is 6.08. The fourth-order valence-corrected chi connectivity index (χ4v) is 5.14. The number of nitrogens with zero attached hydrogens (tertiary/aromatic N) is 2. The number of anilines is 2. The van der Waals surface area contributed by atoms with Gasteiger partial charge in [0.05, 0.1) is 22.5 Å². The maximum atomic E-state index is 13.8. The van der Waals surface area contributed by atoms with Crippen LogP contribution in [0.5, 0.6) is 0 Å². The number of nitrogens with one attached hydrogen (secondary N) is 1. The molecule has 0 aliphatic carbocycles. The molecule has 2 aliphatic rings. The molecule has 0 radical (unpaired) electrons. The summed E-state index contributed by atoms with van der Waals surface area (Å²) in [5.74, 6) is -1.98. The van der Waals surface area contributed by atoms with Crippen molar-refractivity contribution in [2.75, 3.05) is 36.4 Å². The molecule has 11 heteroatoms. The molecule has 1 N–H and O–H groups in total. The van der Waals surface area contributed by atoms with E-state index in [-0.39, 0.29) is 25.1 Å². The van der Waals surface area contributed by atoms with Gasteiger partial charge in [0.15, 0.2) is 0 Å². The monoisotopic (exact) mass is 527 g/mol. The Hall–Kier alpha value is -3.08. The molecule has 2 heterocycles. The Labute approximate surface area is 210 Å². The number of hydrogen-bond acceptors (Lipinski definition) is 3. The summed E-state index contributed by atoms with van der Waals surface area (Å²) in [5.41, 5.74) is -2.79. The molecule has 0 spiro atoms. The minimum Gasteiger partial charge on any atom is -0.325 e. The van der Waals surface area contributed by atoms with E-state index < -0.39 is 46.4 Å². The molecule has 2 aromatic carbocycles. The smallest absolute Gasteiger partial charge is 0.325 e. The number of alkyl halides is 6. The minimum absolute atomic E-state index is 0.00982. The Morgan fingerprint density at radius 1 is 1.00 bits per heavy atom. The molecular formula is C26H27F6N3O2. The molecule has 200 valence electrons. The number of para-hydroxylation sites is 1. The molecule has 1 unspecified atom stereocenters. The van der Waals surface area contributed by atoms with Gasteiger partial charge in [-0.3, -0.25) is 9.59 Å². The van der Waals surface area contributed by atoms with Crippen LogP contribution in [0.25, 0.3) is 0 Å². The van der Waals surface area contributed by atoms with E-state index in [4.69, 9.17) is 0 Å². The van der Waals surface area contributed by atoms with E-state index in [0.717, 1.165) is 17.5 Å². The molecule has 2 aliphatic heterocycles. The first kappa shape index (κ1) is 27.0. The normalized spacial score (nSPS) is 22.8. The van der Waals surface area contributed by atoms with Crippen LogP contribution in [0, 0.1) is 25.2 Å². The molecule has 2 fully saturated rings. The van der Waals surface area contributed by atoms with Crippen LogP contribution in [-0.2, 0) is 21.9 Å². The molecule has 0 saturated carbocycles. The maximum Gasteiger partial charge on any atom is 0.416 e. The van der Waals surface area contributed by atoms with Gasteiger partial charge in [-0.1, -0.05) is 25.1 Å². The number of benzene rings is 2. The summed E-state index contributed by atoms with van der Waals surface area (Å²) < 4.78 is 80.2. The summed E-state index contributed by atoms with van der Waals surface area (Å²) >= 11 is 0. The van der Waals surface area contributed by atoms with E-state index in [1.54, 1.807) is 6.92 Å². The first-order chi connectivity index (χ1) is 17.1. The van der Waals surface area contributed by atoms with E-state index in [1.807, 2.05) is 36.9 Å². The van der Waals surface area contributed by atoms with Crippen LogP contribution in [0.15, 0.2) is 36.4 Å². The number of rotatable bonds is 5. The molecule has 37 heavy (non-hydrogen) atoms. The summed E-state index contributed by atoms with van der Waals surface area (Å²) in [6.45, 7) is 6.71. The zero-order chi connectivity index (χ0) is 27.3. The molecule has 5 nitrogen and oxygen atoms in total. The Morgan fingerprint density at radius 3 is 2.00 bits per heavy atom. The minimum atomic E-state index is -5.05. The van der Waals surface area contributed by atoms with Crippen molar-refractivity contribution in [3.63, 3.8) is 0 Å². The van der Waals surface area contributed by atoms with Crippen molar-refractivity contribution in [3.8, 4) is 0 Å². The number of amides is 2. The molecule has 2 saturated heterocycles. The number of likely N-dealkylation sites (tertiary alicyclic amines) is 1. The Balaban J connectivity index is 1.75. The topological polar surface area (TPSA) is 52.6 Å². The first-order valence-corrected chi connectivity index (χ1v) is 11.8. The largest absolute Gasteiger partial charge is 0.416 e. The second kappa shape index (κ2) is 9.34. The van der Waals surface area contributed by atoms with Crippen molar-refractivity contribution in [2.45, 2.75) is 39.5 Å². The summed E-state index contributed by atoms with van der Waals surface area (Å²) in [6.07, 6.45) is -9.21. The van der Waals surface area contributed by atoms with Crippen LogP contribution in [0.1, 0.15) is 35.6 Å². The first-order valence-electron chi connectivity index (χ1n) is 11.8. The van der Waals surface area contributed by atoms with E-state index >= 15 is 0 Å². The standard InChI is InChI=1S/C26H27F6N3O2/c1-15-6-4-7-16(2)21(15)35-14-24(17(3)22(35)36,13-34-8-5-9-34)23(37)33-20-11-18(25(27,28)29)10-19(12-20)26(30,31)32/h4,6-7,10-12,17H,5,8-9,13-14H2,1-3H3,(H,33,37)/t17?,24-/m1/s1. The highest BCUT2D eigenvalue weighted by Gasteiger charge is 2.56. The van der Waals surface area contributed by atoms with Crippen molar-refractivity contribution in [1.29, 1.82) is 0 Å². The number of aryl methyl sites for hydroxylation is 2. The van der Waals surface area contributed by atoms with Crippen molar-refractivity contribution in [1.82, 2.24) is 4.90 Å². The fraction of sp³-hybridized carbons (Fsp3) is 0.462. The van der Waals surface area contributed by atoms with E-state index in [0.29, 0.717) is 30.9 Å². The van der Waals surface area contributed by atoms with Gasteiger partial charge < -0.3 is 15.1 Å². The van der Waals surface area contributed by atoms with E-state index in [9.17, 15) is 35.9 Å². The molecule has 2 atom stereocenters. The fourth-order valence-electron chi connectivity index (χ4n) is 5.14. The number of hydrogen-bond donors (Lipinski definition) is 1. The van der Waals surface area contributed by atoms with Gasteiger partial charge in [0.1, 0.15) is 0 Å². The van der Waals surface area contributed by atoms with Crippen molar-refractivity contribution in [3.05, 3.63) is 58.7 Å². The highest BCUT2D eigenvalue weighted by atomic mass is 19.4. The van der Waals surface area contributed by atoms with Crippen molar-refractivity contribution in [2.24, 2.45) is 11.3 Å².